The minimum atomic E-state index is 0.320. The highest BCUT2D eigenvalue weighted by Gasteiger charge is 2.22. The molecule has 2 rings (SSSR count). The van der Waals surface area contributed by atoms with Crippen molar-refractivity contribution in [1.82, 2.24) is 5.32 Å². The molecule has 2 unspecified atom stereocenters. The van der Waals surface area contributed by atoms with Gasteiger partial charge in [-0.1, -0.05) is 0 Å². The molecule has 1 heterocycles. The summed E-state index contributed by atoms with van der Waals surface area (Å²) in [6.45, 7) is 1.38. The van der Waals surface area contributed by atoms with Gasteiger partial charge in [0.2, 0.25) is 0 Å². The van der Waals surface area contributed by atoms with Crippen LogP contribution in [0.5, 0.6) is 0 Å². The first-order chi connectivity index (χ1) is 8.83. The summed E-state index contributed by atoms with van der Waals surface area (Å²) in [4.78, 5) is 0. The minimum absolute atomic E-state index is 0.320. The molecule has 1 N–H and O–H groups in total. The molecule has 0 aliphatic heterocycles. The average Bonchev–Trinajstić information content (AvgIpc) is 2.85. The molecule has 0 amide bonds. The van der Waals surface area contributed by atoms with Crippen molar-refractivity contribution in [2.75, 3.05) is 14.2 Å². The van der Waals surface area contributed by atoms with Gasteiger partial charge < -0.3 is 19.2 Å². The molecular weight excluding hydrogens is 230 g/mol. The lowest BCUT2D eigenvalue weighted by Gasteiger charge is -2.28. The zero-order valence-electron chi connectivity index (χ0n) is 11.3. The molecule has 1 aliphatic rings. The molecule has 1 aromatic rings. The number of nitrogens with one attached hydrogen (secondary N) is 1. The van der Waals surface area contributed by atoms with Gasteiger partial charge in [-0.25, -0.2) is 0 Å². The predicted molar refractivity (Wildman–Crippen MR) is 69.3 cm³/mol. The Hall–Kier alpha value is -0.840. The van der Waals surface area contributed by atoms with Crippen LogP contribution in [0.1, 0.15) is 37.0 Å². The van der Waals surface area contributed by atoms with Crippen LogP contribution >= 0.6 is 0 Å². The van der Waals surface area contributed by atoms with Crippen molar-refractivity contribution in [2.24, 2.45) is 0 Å². The maximum absolute atomic E-state index is 5.98. The predicted octanol–water partition coefficient (Wildman–Crippen LogP) is 2.47. The highest BCUT2D eigenvalue weighted by Crippen LogP contribution is 2.24. The standard InChI is InChI=1S/C14H23NO3/c1-15-9-14-11(6-7-17-14)10-18-13-5-3-4-12(8-13)16-2/h6-7,12-13,15H,3-5,8-10H2,1-2H3. The van der Waals surface area contributed by atoms with E-state index < -0.39 is 0 Å². The van der Waals surface area contributed by atoms with Crippen LogP contribution in [0.2, 0.25) is 0 Å². The summed E-state index contributed by atoms with van der Waals surface area (Å²) in [6.07, 6.45) is 6.91. The first-order valence-electron chi connectivity index (χ1n) is 6.67. The molecule has 102 valence electrons. The summed E-state index contributed by atoms with van der Waals surface area (Å²) in [5, 5.41) is 3.10. The molecule has 0 radical (unpaired) electrons. The number of hydrogen-bond donors (Lipinski definition) is 1. The monoisotopic (exact) mass is 253 g/mol. The number of ether oxygens (including phenoxy) is 2. The molecule has 1 fully saturated rings. The first-order valence-corrected chi connectivity index (χ1v) is 6.67. The van der Waals surface area contributed by atoms with Crippen LogP contribution in [0.25, 0.3) is 0 Å². The summed E-state index contributed by atoms with van der Waals surface area (Å²) in [6, 6.07) is 1.99. The lowest BCUT2D eigenvalue weighted by Crippen LogP contribution is -2.27. The Bertz CT molecular complexity index is 351. The zero-order valence-corrected chi connectivity index (χ0v) is 11.3. The second kappa shape index (κ2) is 6.92. The fourth-order valence-electron chi connectivity index (χ4n) is 2.49. The van der Waals surface area contributed by atoms with Crippen molar-refractivity contribution < 1.29 is 13.9 Å². The number of furan rings is 1. The Labute approximate surface area is 109 Å². The largest absolute Gasteiger partial charge is 0.468 e. The maximum atomic E-state index is 5.98. The van der Waals surface area contributed by atoms with Crippen LogP contribution in [0.4, 0.5) is 0 Å². The van der Waals surface area contributed by atoms with E-state index >= 15 is 0 Å². The summed E-state index contributed by atoms with van der Waals surface area (Å²) in [5.41, 5.74) is 1.14. The van der Waals surface area contributed by atoms with E-state index in [1.54, 1.807) is 13.4 Å². The van der Waals surface area contributed by atoms with Crippen LogP contribution in [-0.4, -0.2) is 26.4 Å². The summed E-state index contributed by atoms with van der Waals surface area (Å²) in [5.74, 6) is 0.969. The first kappa shape index (κ1) is 13.6. The van der Waals surface area contributed by atoms with E-state index in [1.165, 1.54) is 6.42 Å². The van der Waals surface area contributed by atoms with E-state index in [4.69, 9.17) is 13.9 Å². The maximum Gasteiger partial charge on any atom is 0.123 e. The SMILES string of the molecule is CNCc1occc1COC1CCCC(OC)C1. The molecule has 1 aliphatic carbocycles. The number of methoxy groups -OCH3 is 1. The molecule has 2 atom stereocenters. The van der Waals surface area contributed by atoms with Crippen LogP contribution in [0.3, 0.4) is 0 Å². The molecule has 0 aromatic carbocycles. The van der Waals surface area contributed by atoms with Gasteiger partial charge in [0.15, 0.2) is 0 Å². The highest BCUT2D eigenvalue weighted by molar-refractivity contribution is 5.15. The van der Waals surface area contributed by atoms with Gasteiger partial charge in [0.05, 0.1) is 31.6 Å². The zero-order chi connectivity index (χ0) is 12.8. The van der Waals surface area contributed by atoms with Gasteiger partial charge >= 0.3 is 0 Å². The molecule has 0 bridgehead atoms. The van der Waals surface area contributed by atoms with Crippen molar-refractivity contribution in [3.63, 3.8) is 0 Å². The molecule has 4 nitrogen and oxygen atoms in total. The second-order valence-electron chi connectivity index (χ2n) is 4.86. The third kappa shape index (κ3) is 3.57. The second-order valence-corrected chi connectivity index (χ2v) is 4.86. The molecular formula is C14H23NO3. The van der Waals surface area contributed by atoms with Gasteiger partial charge in [0.1, 0.15) is 5.76 Å². The van der Waals surface area contributed by atoms with E-state index in [0.29, 0.717) is 18.8 Å². The van der Waals surface area contributed by atoms with E-state index in [1.807, 2.05) is 13.1 Å². The van der Waals surface area contributed by atoms with E-state index in [-0.39, 0.29) is 0 Å². The fourth-order valence-corrected chi connectivity index (χ4v) is 2.49. The third-order valence-corrected chi connectivity index (χ3v) is 3.56. The van der Waals surface area contributed by atoms with Crippen molar-refractivity contribution in [3.05, 3.63) is 23.7 Å². The van der Waals surface area contributed by atoms with Crippen LogP contribution in [-0.2, 0) is 22.6 Å². The van der Waals surface area contributed by atoms with E-state index in [0.717, 1.165) is 37.1 Å². The summed E-state index contributed by atoms with van der Waals surface area (Å²) in [7, 11) is 3.70. The van der Waals surface area contributed by atoms with Crippen LogP contribution < -0.4 is 5.32 Å². The lowest BCUT2D eigenvalue weighted by molar-refractivity contribution is -0.0366. The topological polar surface area (TPSA) is 43.6 Å². The minimum Gasteiger partial charge on any atom is -0.468 e. The Morgan fingerprint density at radius 3 is 3.00 bits per heavy atom. The molecule has 4 heteroatoms. The molecule has 1 saturated carbocycles. The third-order valence-electron chi connectivity index (χ3n) is 3.56. The molecule has 0 saturated heterocycles. The normalized spacial score (nSPS) is 24.3. The van der Waals surface area contributed by atoms with Gasteiger partial charge in [0.25, 0.3) is 0 Å². The van der Waals surface area contributed by atoms with Crippen molar-refractivity contribution in [2.45, 2.75) is 51.0 Å². The Balaban J connectivity index is 1.81. The van der Waals surface area contributed by atoms with Gasteiger partial charge in [-0.3, -0.25) is 0 Å². The average molecular weight is 253 g/mol. The molecule has 18 heavy (non-hydrogen) atoms. The molecule has 0 spiro atoms. The highest BCUT2D eigenvalue weighted by atomic mass is 16.5. The van der Waals surface area contributed by atoms with Gasteiger partial charge in [-0.15, -0.1) is 0 Å². The fraction of sp³-hybridized carbons (Fsp3) is 0.714. The Morgan fingerprint density at radius 1 is 1.39 bits per heavy atom. The summed E-state index contributed by atoms with van der Waals surface area (Å²) < 4.78 is 16.8. The quantitative estimate of drug-likeness (QED) is 0.846. The Morgan fingerprint density at radius 2 is 2.22 bits per heavy atom. The van der Waals surface area contributed by atoms with Crippen molar-refractivity contribution >= 4 is 0 Å². The van der Waals surface area contributed by atoms with Crippen molar-refractivity contribution in [1.29, 1.82) is 0 Å². The van der Waals surface area contributed by atoms with Gasteiger partial charge in [0, 0.05) is 12.7 Å². The number of hydrogen-bond acceptors (Lipinski definition) is 4. The van der Waals surface area contributed by atoms with Crippen LogP contribution in [0, 0.1) is 0 Å². The molecule has 1 aromatic heterocycles. The van der Waals surface area contributed by atoms with Crippen LogP contribution in [0.15, 0.2) is 16.7 Å². The smallest absolute Gasteiger partial charge is 0.123 e. The van der Waals surface area contributed by atoms with E-state index in [9.17, 15) is 0 Å². The number of rotatable bonds is 6. The van der Waals surface area contributed by atoms with Gasteiger partial charge in [-0.2, -0.15) is 0 Å². The van der Waals surface area contributed by atoms with Gasteiger partial charge in [-0.05, 0) is 38.8 Å². The van der Waals surface area contributed by atoms with Crippen molar-refractivity contribution in [3.8, 4) is 0 Å². The summed E-state index contributed by atoms with van der Waals surface area (Å²) >= 11 is 0. The Kier molecular flexibility index (Phi) is 5.23. The lowest BCUT2D eigenvalue weighted by atomic mass is 9.95. The van der Waals surface area contributed by atoms with E-state index in [2.05, 4.69) is 5.32 Å².